The Balaban J connectivity index is 1.82. The summed E-state index contributed by atoms with van der Waals surface area (Å²) in [6.45, 7) is 11.0. The summed E-state index contributed by atoms with van der Waals surface area (Å²) in [4.78, 5) is 2.43. The third-order valence-corrected chi connectivity index (χ3v) is 5.08. The normalized spacial score (nSPS) is 10.9. The minimum Gasteiger partial charge on any atom is -0.374 e. The predicted octanol–water partition coefficient (Wildman–Crippen LogP) is 5.11. The molecule has 0 aliphatic heterocycles. The summed E-state index contributed by atoms with van der Waals surface area (Å²) < 4.78 is 15.2. The Kier molecular flexibility index (Phi) is 6.73. The Morgan fingerprint density at radius 2 is 1.79 bits per heavy atom. The molecule has 0 aliphatic rings. The summed E-state index contributed by atoms with van der Waals surface area (Å²) in [5, 5.41) is 4.49. The molecule has 4 heteroatoms. The van der Waals surface area contributed by atoms with E-state index in [9.17, 15) is 4.39 Å². The van der Waals surface area contributed by atoms with Crippen molar-refractivity contribution in [3.8, 4) is 11.8 Å². The SMILES string of the molecule is CCN(CC)Cc1cccc2c1cc(C#CCNc1ccc(F)cc1)n2CC. The summed E-state index contributed by atoms with van der Waals surface area (Å²) in [6.07, 6.45) is 0. The Bertz CT molecular complexity index is 973. The van der Waals surface area contributed by atoms with Gasteiger partial charge in [-0.3, -0.25) is 4.90 Å². The van der Waals surface area contributed by atoms with Crippen LogP contribution in [-0.2, 0) is 13.1 Å². The van der Waals surface area contributed by atoms with Crippen LogP contribution in [0.1, 0.15) is 32.0 Å². The van der Waals surface area contributed by atoms with Crippen molar-refractivity contribution in [3.63, 3.8) is 0 Å². The maximum atomic E-state index is 13.0. The average Bonchev–Trinajstić information content (AvgIpc) is 3.09. The van der Waals surface area contributed by atoms with E-state index in [0.717, 1.165) is 37.6 Å². The zero-order valence-electron chi connectivity index (χ0n) is 16.9. The molecule has 1 heterocycles. The lowest BCUT2D eigenvalue weighted by Gasteiger charge is -2.18. The Morgan fingerprint density at radius 1 is 1.04 bits per heavy atom. The van der Waals surface area contributed by atoms with Crippen LogP contribution in [-0.4, -0.2) is 29.1 Å². The summed E-state index contributed by atoms with van der Waals surface area (Å²) in [6, 6.07) is 15.1. The molecule has 0 atom stereocenters. The summed E-state index contributed by atoms with van der Waals surface area (Å²) in [5.41, 5.74) is 4.49. The summed E-state index contributed by atoms with van der Waals surface area (Å²) >= 11 is 0. The fourth-order valence-electron chi connectivity index (χ4n) is 3.46. The molecule has 0 saturated carbocycles. The third kappa shape index (κ3) is 4.55. The molecule has 0 fully saturated rings. The quantitative estimate of drug-likeness (QED) is 0.578. The van der Waals surface area contributed by atoms with Crippen molar-refractivity contribution in [2.75, 3.05) is 25.0 Å². The molecule has 0 bridgehead atoms. The van der Waals surface area contributed by atoms with Gasteiger partial charge in [0.05, 0.1) is 12.2 Å². The number of hydrogen-bond acceptors (Lipinski definition) is 2. The topological polar surface area (TPSA) is 20.2 Å². The molecule has 1 N–H and O–H groups in total. The molecular formula is C24H28FN3. The van der Waals surface area contributed by atoms with E-state index >= 15 is 0 Å². The van der Waals surface area contributed by atoms with E-state index < -0.39 is 0 Å². The number of hydrogen-bond donors (Lipinski definition) is 1. The van der Waals surface area contributed by atoms with Crippen molar-refractivity contribution in [3.05, 3.63) is 65.6 Å². The van der Waals surface area contributed by atoms with Crippen LogP contribution in [0.3, 0.4) is 0 Å². The lowest BCUT2D eigenvalue weighted by molar-refractivity contribution is 0.297. The van der Waals surface area contributed by atoms with Crippen molar-refractivity contribution in [2.45, 2.75) is 33.9 Å². The molecule has 0 unspecified atom stereocenters. The van der Waals surface area contributed by atoms with Gasteiger partial charge in [0.2, 0.25) is 0 Å². The summed E-state index contributed by atoms with van der Waals surface area (Å²) in [5.74, 6) is 6.27. The molecule has 0 amide bonds. The van der Waals surface area contributed by atoms with Gasteiger partial charge < -0.3 is 9.88 Å². The number of fused-ring (bicyclic) bond motifs is 1. The van der Waals surface area contributed by atoms with E-state index in [0.29, 0.717) is 6.54 Å². The first kappa shape index (κ1) is 20.0. The number of halogens is 1. The maximum Gasteiger partial charge on any atom is 0.123 e. The molecule has 0 saturated heterocycles. The van der Waals surface area contributed by atoms with Crippen molar-refractivity contribution < 1.29 is 4.39 Å². The van der Waals surface area contributed by atoms with Gasteiger partial charge in [-0.1, -0.05) is 31.9 Å². The van der Waals surface area contributed by atoms with Gasteiger partial charge in [0.25, 0.3) is 0 Å². The highest BCUT2D eigenvalue weighted by atomic mass is 19.1. The van der Waals surface area contributed by atoms with E-state index in [4.69, 9.17) is 0 Å². The van der Waals surface area contributed by atoms with Crippen LogP contribution in [0.2, 0.25) is 0 Å². The number of nitrogens with zero attached hydrogens (tertiary/aromatic N) is 2. The standard InChI is InChI=1S/C24H28FN3/c1-4-27(5-2)18-19-9-7-11-24-23(19)17-22(28(24)6-3)10-8-16-26-21-14-12-20(25)13-15-21/h7,9,11-15,17,26H,4-6,16,18H2,1-3H3. The van der Waals surface area contributed by atoms with E-state index in [1.165, 1.54) is 28.6 Å². The zero-order valence-corrected chi connectivity index (χ0v) is 16.9. The van der Waals surface area contributed by atoms with Crippen LogP contribution in [0.15, 0.2) is 48.5 Å². The molecule has 0 radical (unpaired) electrons. The highest BCUT2D eigenvalue weighted by Crippen LogP contribution is 2.24. The van der Waals surface area contributed by atoms with Crippen LogP contribution in [0.4, 0.5) is 10.1 Å². The van der Waals surface area contributed by atoms with Crippen molar-refractivity contribution in [1.82, 2.24) is 9.47 Å². The predicted molar refractivity (Wildman–Crippen MR) is 116 cm³/mol. The molecule has 0 aliphatic carbocycles. The first-order valence-electron chi connectivity index (χ1n) is 9.98. The fourth-order valence-corrected chi connectivity index (χ4v) is 3.46. The number of rotatable bonds is 7. The zero-order chi connectivity index (χ0) is 19.9. The Hall–Kier alpha value is -2.77. The van der Waals surface area contributed by atoms with Gasteiger partial charge >= 0.3 is 0 Å². The van der Waals surface area contributed by atoms with Crippen molar-refractivity contribution in [1.29, 1.82) is 0 Å². The maximum absolute atomic E-state index is 13.0. The second kappa shape index (κ2) is 9.43. The molecule has 1 aromatic heterocycles. The first-order chi connectivity index (χ1) is 13.7. The van der Waals surface area contributed by atoms with Gasteiger partial charge in [-0.15, -0.1) is 0 Å². The van der Waals surface area contributed by atoms with Gasteiger partial charge in [-0.2, -0.15) is 0 Å². The molecular weight excluding hydrogens is 349 g/mol. The molecule has 2 aromatic carbocycles. The highest BCUT2D eigenvalue weighted by molar-refractivity contribution is 5.85. The molecule has 3 aromatic rings. The molecule has 28 heavy (non-hydrogen) atoms. The minimum atomic E-state index is -0.232. The van der Waals surface area contributed by atoms with Crippen molar-refractivity contribution in [2.24, 2.45) is 0 Å². The van der Waals surface area contributed by atoms with Crippen LogP contribution in [0.5, 0.6) is 0 Å². The monoisotopic (exact) mass is 377 g/mol. The van der Waals surface area contributed by atoms with Gasteiger partial charge in [-0.25, -0.2) is 4.39 Å². The fraction of sp³-hybridized carbons (Fsp3) is 0.333. The van der Waals surface area contributed by atoms with E-state index in [-0.39, 0.29) is 5.82 Å². The Labute approximate surface area is 167 Å². The molecule has 146 valence electrons. The van der Waals surface area contributed by atoms with Crippen LogP contribution in [0.25, 0.3) is 10.9 Å². The van der Waals surface area contributed by atoms with Crippen LogP contribution in [0, 0.1) is 17.7 Å². The lowest BCUT2D eigenvalue weighted by atomic mass is 10.1. The number of aromatic nitrogens is 1. The van der Waals surface area contributed by atoms with Gasteiger partial charge in [0, 0.05) is 29.7 Å². The van der Waals surface area contributed by atoms with Crippen molar-refractivity contribution >= 4 is 16.6 Å². The van der Waals surface area contributed by atoms with Crippen LogP contribution < -0.4 is 5.32 Å². The number of benzene rings is 2. The number of aryl methyl sites for hydroxylation is 1. The minimum absolute atomic E-state index is 0.232. The van der Waals surface area contributed by atoms with Crippen LogP contribution >= 0.6 is 0 Å². The highest BCUT2D eigenvalue weighted by Gasteiger charge is 2.11. The van der Waals surface area contributed by atoms with Gasteiger partial charge in [-0.05, 0) is 67.9 Å². The third-order valence-electron chi connectivity index (χ3n) is 5.08. The van der Waals surface area contributed by atoms with Gasteiger partial charge in [0.15, 0.2) is 0 Å². The smallest absolute Gasteiger partial charge is 0.123 e. The van der Waals surface area contributed by atoms with E-state index in [1.807, 2.05) is 0 Å². The number of anilines is 1. The van der Waals surface area contributed by atoms with E-state index in [2.05, 4.69) is 71.7 Å². The number of nitrogens with one attached hydrogen (secondary N) is 1. The average molecular weight is 378 g/mol. The first-order valence-corrected chi connectivity index (χ1v) is 9.98. The Morgan fingerprint density at radius 3 is 2.46 bits per heavy atom. The van der Waals surface area contributed by atoms with E-state index in [1.54, 1.807) is 12.1 Å². The largest absolute Gasteiger partial charge is 0.374 e. The second-order valence-corrected chi connectivity index (χ2v) is 6.75. The van der Waals surface area contributed by atoms with Gasteiger partial charge in [0.1, 0.15) is 5.82 Å². The second-order valence-electron chi connectivity index (χ2n) is 6.75. The molecule has 3 rings (SSSR count). The molecule has 0 spiro atoms. The summed E-state index contributed by atoms with van der Waals surface area (Å²) in [7, 11) is 0. The molecule has 3 nitrogen and oxygen atoms in total. The lowest BCUT2D eigenvalue weighted by Crippen LogP contribution is -2.22.